The lowest BCUT2D eigenvalue weighted by atomic mass is 10.0. The second kappa shape index (κ2) is 11.1. The Morgan fingerprint density at radius 1 is 0.929 bits per heavy atom. The molecule has 3 rings (SSSR count). The Balaban J connectivity index is 0.000000224. The van der Waals surface area contributed by atoms with Gasteiger partial charge in [-0.05, 0) is 63.1 Å². The number of carbonyl (C=O) groups excluding carboxylic acids is 1. The fraction of sp³-hybridized carbons (Fsp3) is 0.273. The van der Waals surface area contributed by atoms with Crippen LogP contribution in [0.3, 0.4) is 0 Å². The Bertz CT molecular complexity index is 930. The van der Waals surface area contributed by atoms with Gasteiger partial charge in [-0.1, -0.05) is 23.7 Å². The topological polar surface area (TPSA) is 76.1 Å². The van der Waals surface area contributed by atoms with Gasteiger partial charge in [-0.2, -0.15) is 0 Å². The molecule has 1 heterocycles. The number of hydrogen-bond acceptors (Lipinski definition) is 4. The van der Waals surface area contributed by atoms with Crippen LogP contribution in [0.25, 0.3) is 0 Å². The summed E-state index contributed by atoms with van der Waals surface area (Å²) in [6.45, 7) is 7.24. The van der Waals surface area contributed by atoms with Crippen LogP contribution >= 0.6 is 11.6 Å². The molecule has 0 fully saturated rings. The first-order valence-electron chi connectivity index (χ1n) is 8.79. The van der Waals surface area contributed by atoms with Crippen molar-refractivity contribution in [3.05, 3.63) is 96.5 Å². The SMILES string of the molecule is CNC(=O)C(C)c1ccc(Cl)cc1.Cc1c(C)c(=O)c1=O.Cc1ccncc1. The quantitative estimate of drug-likeness (QED) is 0.668. The molecule has 1 N–H and O–H groups in total. The Morgan fingerprint density at radius 3 is 1.71 bits per heavy atom. The maximum absolute atomic E-state index is 11.3. The summed E-state index contributed by atoms with van der Waals surface area (Å²) in [6, 6.07) is 11.2. The number of benzene rings is 1. The van der Waals surface area contributed by atoms with Crippen molar-refractivity contribution in [1.29, 1.82) is 0 Å². The van der Waals surface area contributed by atoms with E-state index in [0.717, 1.165) is 5.56 Å². The largest absolute Gasteiger partial charge is 0.359 e. The molecule has 3 aromatic rings. The molecule has 1 atom stereocenters. The lowest BCUT2D eigenvalue weighted by Crippen LogP contribution is -2.36. The predicted molar refractivity (Wildman–Crippen MR) is 114 cm³/mol. The standard InChI is InChI=1S/C10H12ClNO.C6H7N.C6H6O2/c1-7(10(13)12-2)8-3-5-9(11)6-4-8;1-6-2-4-7-5-3-6;1-3-4(2)6(8)5(3)7/h3-7H,1-2H3,(H,12,13);2-5H,1H3;1-2H3. The van der Waals surface area contributed by atoms with Crippen LogP contribution < -0.4 is 16.2 Å². The second-order valence-corrected chi connectivity index (χ2v) is 6.76. The molecule has 6 heteroatoms. The van der Waals surface area contributed by atoms with Crippen molar-refractivity contribution in [2.24, 2.45) is 0 Å². The fourth-order valence-electron chi connectivity index (χ4n) is 2.16. The molecule has 2 aromatic carbocycles. The summed E-state index contributed by atoms with van der Waals surface area (Å²) in [5.41, 5.74) is 2.84. The third-order valence-corrected chi connectivity index (χ3v) is 4.56. The van der Waals surface area contributed by atoms with Crippen LogP contribution in [0.2, 0.25) is 5.02 Å². The number of aryl methyl sites for hydroxylation is 1. The second-order valence-electron chi connectivity index (χ2n) is 6.32. The van der Waals surface area contributed by atoms with Crippen molar-refractivity contribution in [2.45, 2.75) is 33.6 Å². The smallest absolute Gasteiger partial charge is 0.229 e. The van der Waals surface area contributed by atoms with Gasteiger partial charge in [0.2, 0.25) is 16.8 Å². The number of rotatable bonds is 2. The molecule has 1 aromatic heterocycles. The Kier molecular flexibility index (Phi) is 9.25. The third-order valence-electron chi connectivity index (χ3n) is 4.31. The van der Waals surface area contributed by atoms with E-state index in [9.17, 15) is 14.4 Å². The summed E-state index contributed by atoms with van der Waals surface area (Å²) in [5.74, 6) is -0.107. The fourth-order valence-corrected chi connectivity index (χ4v) is 2.29. The monoisotopic (exact) mass is 400 g/mol. The Morgan fingerprint density at radius 2 is 1.39 bits per heavy atom. The predicted octanol–water partition coefficient (Wildman–Crippen LogP) is 3.48. The van der Waals surface area contributed by atoms with Gasteiger partial charge < -0.3 is 5.32 Å². The highest BCUT2D eigenvalue weighted by Crippen LogP contribution is 2.17. The summed E-state index contributed by atoms with van der Waals surface area (Å²) in [6.07, 6.45) is 3.57. The Hall–Kier alpha value is -2.79. The van der Waals surface area contributed by atoms with E-state index in [2.05, 4.69) is 10.3 Å². The number of likely N-dealkylation sites (N-methyl/N-ethyl adjacent to an activating group) is 1. The molecule has 148 valence electrons. The van der Waals surface area contributed by atoms with Gasteiger partial charge in [-0.25, -0.2) is 0 Å². The molecule has 0 bridgehead atoms. The summed E-state index contributed by atoms with van der Waals surface area (Å²) >= 11 is 5.73. The molecule has 0 saturated carbocycles. The van der Waals surface area contributed by atoms with Crippen LogP contribution in [0.5, 0.6) is 0 Å². The molecule has 0 radical (unpaired) electrons. The summed E-state index contributed by atoms with van der Waals surface area (Å²) in [5, 5.41) is 3.29. The van der Waals surface area contributed by atoms with Gasteiger partial charge in [-0.15, -0.1) is 0 Å². The third kappa shape index (κ3) is 6.74. The molecule has 0 saturated heterocycles. The van der Waals surface area contributed by atoms with Crippen molar-refractivity contribution >= 4 is 17.5 Å². The lowest BCUT2D eigenvalue weighted by molar-refractivity contribution is -0.121. The average Bonchev–Trinajstić information content (AvgIpc) is 2.73. The number of halogens is 1. The van der Waals surface area contributed by atoms with Crippen LogP contribution in [-0.2, 0) is 4.79 Å². The van der Waals surface area contributed by atoms with Gasteiger partial charge in [0.15, 0.2) is 0 Å². The number of amides is 1. The Labute approximate surface area is 170 Å². The highest BCUT2D eigenvalue weighted by molar-refractivity contribution is 6.30. The zero-order chi connectivity index (χ0) is 21.3. The van der Waals surface area contributed by atoms with E-state index in [1.165, 1.54) is 5.56 Å². The molecule has 0 aliphatic rings. The van der Waals surface area contributed by atoms with Crippen molar-refractivity contribution in [3.8, 4) is 0 Å². The van der Waals surface area contributed by atoms with Crippen molar-refractivity contribution in [3.63, 3.8) is 0 Å². The van der Waals surface area contributed by atoms with Gasteiger partial charge in [0.25, 0.3) is 0 Å². The van der Waals surface area contributed by atoms with Crippen molar-refractivity contribution in [1.82, 2.24) is 10.3 Å². The molecule has 5 nitrogen and oxygen atoms in total. The first-order valence-corrected chi connectivity index (χ1v) is 9.17. The van der Waals surface area contributed by atoms with Gasteiger partial charge in [-0.3, -0.25) is 19.4 Å². The van der Waals surface area contributed by atoms with Crippen molar-refractivity contribution in [2.75, 3.05) is 7.05 Å². The number of pyridine rings is 1. The molecule has 1 unspecified atom stereocenters. The summed E-state index contributed by atoms with van der Waals surface area (Å²) in [4.78, 5) is 35.8. The molecule has 0 aliphatic heterocycles. The number of aromatic nitrogens is 1. The molecule has 0 aliphatic carbocycles. The number of carbonyl (C=O) groups is 1. The average molecular weight is 401 g/mol. The van der Waals surface area contributed by atoms with Crippen LogP contribution in [0, 0.1) is 20.8 Å². The van der Waals surface area contributed by atoms with Gasteiger partial charge in [0, 0.05) is 35.6 Å². The van der Waals surface area contributed by atoms with E-state index in [1.807, 2.05) is 38.1 Å². The molecular weight excluding hydrogens is 376 g/mol. The summed E-state index contributed by atoms with van der Waals surface area (Å²) < 4.78 is 0. The first-order chi connectivity index (χ1) is 13.2. The maximum atomic E-state index is 11.3. The zero-order valence-electron chi connectivity index (χ0n) is 16.7. The minimum absolute atomic E-state index is 0.0160. The van der Waals surface area contributed by atoms with Crippen LogP contribution in [0.4, 0.5) is 0 Å². The van der Waals surface area contributed by atoms with E-state index in [4.69, 9.17) is 11.6 Å². The zero-order valence-corrected chi connectivity index (χ0v) is 17.5. The first kappa shape index (κ1) is 23.2. The van der Waals surface area contributed by atoms with E-state index >= 15 is 0 Å². The van der Waals surface area contributed by atoms with Crippen LogP contribution in [0.15, 0.2) is 58.4 Å². The number of nitrogens with zero attached hydrogens (tertiary/aromatic N) is 1. The molecule has 28 heavy (non-hydrogen) atoms. The van der Waals surface area contributed by atoms with Gasteiger partial charge >= 0.3 is 0 Å². The molecular formula is C22H25ClN2O3. The summed E-state index contributed by atoms with van der Waals surface area (Å²) in [7, 11) is 1.63. The highest BCUT2D eigenvalue weighted by atomic mass is 35.5. The minimum atomic E-state index is -0.317. The number of nitrogens with one attached hydrogen (secondary N) is 1. The van der Waals surface area contributed by atoms with E-state index in [-0.39, 0.29) is 22.7 Å². The van der Waals surface area contributed by atoms with E-state index in [0.29, 0.717) is 16.1 Å². The molecule has 1 amide bonds. The van der Waals surface area contributed by atoms with Crippen molar-refractivity contribution < 1.29 is 4.79 Å². The van der Waals surface area contributed by atoms with E-state index < -0.39 is 0 Å². The maximum Gasteiger partial charge on any atom is 0.229 e. The highest BCUT2D eigenvalue weighted by Gasteiger charge is 2.12. The van der Waals surface area contributed by atoms with Crippen LogP contribution in [0.1, 0.15) is 35.1 Å². The van der Waals surface area contributed by atoms with Gasteiger partial charge in [0.05, 0.1) is 5.92 Å². The molecule has 0 spiro atoms. The normalized spacial score (nSPS) is 10.8. The lowest BCUT2D eigenvalue weighted by Gasteiger charge is -2.09. The number of hydrogen-bond donors (Lipinski definition) is 1. The minimum Gasteiger partial charge on any atom is -0.359 e. The van der Waals surface area contributed by atoms with Crippen LogP contribution in [-0.4, -0.2) is 17.9 Å². The van der Waals surface area contributed by atoms with E-state index in [1.54, 1.807) is 45.4 Å². The van der Waals surface area contributed by atoms with Gasteiger partial charge in [0.1, 0.15) is 0 Å².